The molecule has 0 unspecified atom stereocenters. The molecule has 7 nitrogen and oxygen atoms in total. The van der Waals surface area contributed by atoms with Gasteiger partial charge in [-0.05, 0) is 55.0 Å². The predicted molar refractivity (Wildman–Crippen MR) is 114 cm³/mol. The van der Waals surface area contributed by atoms with Crippen LogP contribution in [0.1, 0.15) is 12.5 Å². The first-order valence-corrected chi connectivity index (χ1v) is 10.7. The molecule has 0 saturated carbocycles. The van der Waals surface area contributed by atoms with E-state index >= 15 is 0 Å². The van der Waals surface area contributed by atoms with Crippen molar-refractivity contribution >= 4 is 38.6 Å². The second-order valence-electron chi connectivity index (χ2n) is 6.36. The molecule has 9 heteroatoms. The molecule has 0 radical (unpaired) electrons. The fourth-order valence-corrected chi connectivity index (χ4v) is 3.83. The predicted octanol–water partition coefficient (Wildman–Crippen LogP) is 3.03. The molecule has 3 rings (SSSR count). The molecule has 3 aromatic rings. The number of H-pyrrole nitrogens is 1. The van der Waals surface area contributed by atoms with Gasteiger partial charge in [0, 0.05) is 28.5 Å². The number of fused-ring (bicyclic) bond motifs is 1. The van der Waals surface area contributed by atoms with Crippen LogP contribution in [0.3, 0.4) is 0 Å². The number of aromatic amines is 1. The highest BCUT2D eigenvalue weighted by Crippen LogP contribution is 2.24. The number of benzene rings is 2. The van der Waals surface area contributed by atoms with Crippen LogP contribution in [0.2, 0.25) is 5.02 Å². The van der Waals surface area contributed by atoms with Crippen molar-refractivity contribution in [3.8, 4) is 17.6 Å². The molecule has 1 aromatic heterocycles. The summed E-state index contributed by atoms with van der Waals surface area (Å²) >= 11 is 6.02. The topological polar surface area (TPSA) is 111 Å². The van der Waals surface area contributed by atoms with Crippen LogP contribution in [0, 0.1) is 11.8 Å². The monoisotopic (exact) mass is 446 g/mol. The molecule has 1 atom stereocenters. The molecule has 1 heterocycles. The number of carbonyl (C=O) groups is 1. The number of hydrogen-bond acceptors (Lipinski definition) is 6. The largest absolute Gasteiger partial charge is 0.481 e. The van der Waals surface area contributed by atoms with Crippen LogP contribution in [0.4, 0.5) is 0 Å². The molecule has 2 aromatic carbocycles. The Morgan fingerprint density at radius 2 is 1.97 bits per heavy atom. The molecular weight excluding hydrogens is 428 g/mol. The van der Waals surface area contributed by atoms with Crippen LogP contribution in [0.25, 0.3) is 10.9 Å². The lowest BCUT2D eigenvalue weighted by Crippen LogP contribution is -2.35. The maximum atomic E-state index is 12.4. The smallest absolute Gasteiger partial charge is 0.341 e. The standard InChI is InChI=1S/C21H19ClN2O5S/c1-2-3-10-28-16-5-7-17(8-6-16)30(26,27)29-21(25)19(23)11-14-13-24-20-9-4-15(22)12-18(14)20/h4-9,12-13,19,24H,10-11,23H2,1H3/t19-/m0/s1. The van der Waals surface area contributed by atoms with Crippen molar-refractivity contribution in [3.63, 3.8) is 0 Å². The fourth-order valence-electron chi connectivity index (χ4n) is 2.75. The summed E-state index contributed by atoms with van der Waals surface area (Å²) in [4.78, 5) is 15.2. The Hall–Kier alpha value is -2.99. The van der Waals surface area contributed by atoms with Gasteiger partial charge in [0.25, 0.3) is 0 Å². The molecule has 0 bridgehead atoms. The Labute approximate surface area is 179 Å². The van der Waals surface area contributed by atoms with Gasteiger partial charge in [-0.25, -0.2) is 4.79 Å². The number of carbonyl (C=O) groups excluding carboxylic acids is 1. The number of ether oxygens (including phenoxy) is 1. The van der Waals surface area contributed by atoms with Gasteiger partial charge >= 0.3 is 16.1 Å². The highest BCUT2D eigenvalue weighted by atomic mass is 35.5. The van der Waals surface area contributed by atoms with Crippen LogP contribution >= 0.6 is 11.6 Å². The molecule has 30 heavy (non-hydrogen) atoms. The number of nitrogens with two attached hydrogens (primary N) is 1. The zero-order valence-corrected chi connectivity index (χ0v) is 17.6. The van der Waals surface area contributed by atoms with E-state index in [0.29, 0.717) is 10.8 Å². The molecular formula is C21H19ClN2O5S. The SMILES string of the molecule is CC#CCOc1ccc(S(=O)(=O)OC(=O)[C@@H](N)Cc2c[nH]c3ccc(Cl)cc23)cc1. The number of aromatic nitrogens is 1. The third-order valence-electron chi connectivity index (χ3n) is 4.26. The van der Waals surface area contributed by atoms with Crippen LogP contribution in [-0.4, -0.2) is 32.0 Å². The van der Waals surface area contributed by atoms with E-state index in [1.54, 1.807) is 31.3 Å². The molecule has 0 aliphatic carbocycles. The van der Waals surface area contributed by atoms with E-state index in [-0.39, 0.29) is 17.9 Å². The Morgan fingerprint density at radius 3 is 2.67 bits per heavy atom. The molecule has 3 N–H and O–H groups in total. The van der Waals surface area contributed by atoms with Crippen LogP contribution in [0.15, 0.2) is 53.6 Å². The van der Waals surface area contributed by atoms with Gasteiger partial charge in [0.15, 0.2) is 0 Å². The quantitative estimate of drug-likeness (QED) is 0.426. The van der Waals surface area contributed by atoms with Crippen molar-refractivity contribution in [3.05, 3.63) is 59.2 Å². The van der Waals surface area contributed by atoms with Crippen LogP contribution < -0.4 is 10.5 Å². The summed E-state index contributed by atoms with van der Waals surface area (Å²) in [5.41, 5.74) is 7.45. The summed E-state index contributed by atoms with van der Waals surface area (Å²) in [6.45, 7) is 1.87. The summed E-state index contributed by atoms with van der Waals surface area (Å²) in [7, 11) is -4.32. The van der Waals surface area contributed by atoms with Crippen molar-refractivity contribution in [2.24, 2.45) is 5.73 Å². The lowest BCUT2D eigenvalue weighted by Gasteiger charge is -2.11. The average molecular weight is 447 g/mol. The molecule has 0 amide bonds. The minimum Gasteiger partial charge on any atom is -0.481 e. The van der Waals surface area contributed by atoms with Crippen LogP contribution in [-0.2, 0) is 25.5 Å². The normalized spacial score (nSPS) is 12.1. The Bertz CT molecular complexity index is 1220. The van der Waals surface area contributed by atoms with E-state index in [0.717, 1.165) is 16.5 Å². The minimum absolute atomic E-state index is 0.0833. The molecule has 0 aliphatic heterocycles. The first-order valence-electron chi connectivity index (χ1n) is 8.92. The number of nitrogens with one attached hydrogen (secondary N) is 1. The first kappa shape index (κ1) is 21.7. The highest BCUT2D eigenvalue weighted by Gasteiger charge is 2.25. The van der Waals surface area contributed by atoms with Crippen molar-refractivity contribution in [2.75, 3.05) is 6.61 Å². The molecule has 156 valence electrons. The van der Waals surface area contributed by atoms with E-state index in [4.69, 9.17) is 26.3 Å². The highest BCUT2D eigenvalue weighted by molar-refractivity contribution is 7.87. The van der Waals surface area contributed by atoms with Crippen molar-refractivity contribution in [1.82, 2.24) is 4.98 Å². The van der Waals surface area contributed by atoms with Crippen molar-refractivity contribution < 1.29 is 22.1 Å². The van der Waals surface area contributed by atoms with E-state index in [1.165, 1.54) is 24.3 Å². The Morgan fingerprint density at radius 1 is 1.23 bits per heavy atom. The first-order chi connectivity index (χ1) is 14.3. The summed E-state index contributed by atoms with van der Waals surface area (Å²) in [6.07, 6.45) is 1.78. The van der Waals surface area contributed by atoms with E-state index in [9.17, 15) is 13.2 Å². The van der Waals surface area contributed by atoms with Gasteiger partial charge < -0.3 is 19.6 Å². The molecule has 0 fully saturated rings. The third kappa shape index (κ3) is 5.13. The Balaban J connectivity index is 1.67. The average Bonchev–Trinajstić information content (AvgIpc) is 3.10. The summed E-state index contributed by atoms with van der Waals surface area (Å²) in [5.74, 6) is 4.81. The van der Waals surface area contributed by atoms with Gasteiger partial charge in [-0.3, -0.25) is 0 Å². The molecule has 0 saturated heterocycles. The maximum Gasteiger partial charge on any atom is 0.341 e. The van der Waals surface area contributed by atoms with Gasteiger partial charge in [0.1, 0.15) is 23.3 Å². The summed E-state index contributed by atoms with van der Waals surface area (Å²) < 4.78 is 34.8. The number of hydrogen-bond donors (Lipinski definition) is 2. The zero-order valence-electron chi connectivity index (χ0n) is 16.0. The lowest BCUT2D eigenvalue weighted by atomic mass is 10.1. The maximum absolute atomic E-state index is 12.4. The van der Waals surface area contributed by atoms with Gasteiger partial charge in [-0.15, -0.1) is 5.92 Å². The van der Waals surface area contributed by atoms with Gasteiger partial charge in [-0.2, -0.15) is 8.42 Å². The fraction of sp³-hybridized carbons (Fsp3) is 0.190. The van der Waals surface area contributed by atoms with Gasteiger partial charge in [0.2, 0.25) is 0 Å². The second-order valence-corrected chi connectivity index (χ2v) is 8.34. The van der Waals surface area contributed by atoms with E-state index in [2.05, 4.69) is 16.8 Å². The number of halogens is 1. The summed E-state index contributed by atoms with van der Waals surface area (Å²) in [6, 6.07) is 9.58. The van der Waals surface area contributed by atoms with Gasteiger partial charge in [0.05, 0.1) is 0 Å². The summed E-state index contributed by atoms with van der Waals surface area (Å²) in [5, 5.41) is 1.34. The third-order valence-corrected chi connectivity index (χ3v) is 5.73. The van der Waals surface area contributed by atoms with E-state index < -0.39 is 22.1 Å². The molecule has 0 aliphatic rings. The van der Waals surface area contributed by atoms with Crippen molar-refractivity contribution in [1.29, 1.82) is 0 Å². The van der Waals surface area contributed by atoms with Crippen LogP contribution in [0.5, 0.6) is 5.75 Å². The minimum atomic E-state index is -4.32. The lowest BCUT2D eigenvalue weighted by molar-refractivity contribution is -0.135. The number of rotatable bonds is 7. The Kier molecular flexibility index (Phi) is 6.67. The zero-order chi connectivity index (χ0) is 21.7. The molecule has 0 spiro atoms. The second kappa shape index (κ2) is 9.22. The van der Waals surface area contributed by atoms with E-state index in [1.807, 2.05) is 0 Å². The van der Waals surface area contributed by atoms with Gasteiger partial charge in [-0.1, -0.05) is 17.5 Å². The van der Waals surface area contributed by atoms with Crippen molar-refractivity contribution in [2.45, 2.75) is 24.3 Å².